The van der Waals surface area contributed by atoms with Crippen LogP contribution in [0.25, 0.3) is 0 Å². The first-order valence-electron chi connectivity index (χ1n) is 5.45. The van der Waals surface area contributed by atoms with E-state index in [2.05, 4.69) is 10.5 Å². The van der Waals surface area contributed by atoms with Crippen LogP contribution in [0.3, 0.4) is 0 Å². The van der Waals surface area contributed by atoms with Crippen LogP contribution in [0.2, 0.25) is 0 Å². The van der Waals surface area contributed by atoms with E-state index in [9.17, 15) is 4.79 Å². The van der Waals surface area contributed by atoms with Crippen LogP contribution in [0, 0.1) is 12.8 Å². The van der Waals surface area contributed by atoms with Crippen LogP contribution >= 0.6 is 0 Å². The van der Waals surface area contributed by atoms with E-state index in [0.717, 1.165) is 18.4 Å². The zero-order valence-corrected chi connectivity index (χ0v) is 9.69. The van der Waals surface area contributed by atoms with E-state index in [1.165, 1.54) is 6.20 Å². The van der Waals surface area contributed by atoms with Crippen molar-refractivity contribution in [1.29, 1.82) is 0 Å². The molecule has 1 aromatic rings. The number of aliphatic hydroxyl groups is 1. The van der Waals surface area contributed by atoms with Crippen molar-refractivity contribution in [1.82, 2.24) is 10.5 Å². The lowest BCUT2D eigenvalue weighted by atomic mass is 10.1. The zero-order valence-electron chi connectivity index (χ0n) is 9.69. The Hall–Kier alpha value is -1.36. The maximum absolute atomic E-state index is 11.5. The fourth-order valence-electron chi connectivity index (χ4n) is 1.33. The number of hydrogen-bond acceptors (Lipinski definition) is 4. The van der Waals surface area contributed by atoms with Crippen LogP contribution in [0.15, 0.2) is 10.7 Å². The Morgan fingerprint density at radius 2 is 2.44 bits per heavy atom. The van der Waals surface area contributed by atoms with Crippen molar-refractivity contribution >= 4 is 5.91 Å². The van der Waals surface area contributed by atoms with E-state index in [-0.39, 0.29) is 24.2 Å². The van der Waals surface area contributed by atoms with Crippen molar-refractivity contribution in [2.75, 3.05) is 13.2 Å². The minimum atomic E-state index is -0.230. The number of carbonyl (C=O) groups is 1. The molecule has 2 N–H and O–H groups in total. The van der Waals surface area contributed by atoms with Crippen LogP contribution in [-0.2, 0) is 0 Å². The molecule has 0 saturated heterocycles. The number of rotatable bonds is 6. The predicted octanol–water partition coefficient (Wildman–Crippen LogP) is 1.12. The van der Waals surface area contributed by atoms with E-state index >= 15 is 0 Å². The topological polar surface area (TPSA) is 75.4 Å². The number of hydrogen-bond donors (Lipinski definition) is 2. The van der Waals surface area contributed by atoms with Crippen molar-refractivity contribution < 1.29 is 14.4 Å². The molecule has 90 valence electrons. The number of amides is 1. The van der Waals surface area contributed by atoms with Gasteiger partial charge in [0.05, 0.1) is 6.20 Å². The van der Waals surface area contributed by atoms with E-state index in [0.29, 0.717) is 6.54 Å². The van der Waals surface area contributed by atoms with Gasteiger partial charge < -0.3 is 14.9 Å². The molecule has 5 heteroatoms. The number of aryl methyl sites for hydroxylation is 1. The van der Waals surface area contributed by atoms with Gasteiger partial charge in [0, 0.05) is 18.7 Å². The molecule has 0 spiro atoms. The van der Waals surface area contributed by atoms with E-state index in [1.54, 1.807) is 6.92 Å². The van der Waals surface area contributed by atoms with Crippen molar-refractivity contribution in [3.05, 3.63) is 17.5 Å². The van der Waals surface area contributed by atoms with Crippen LogP contribution < -0.4 is 5.32 Å². The lowest BCUT2D eigenvalue weighted by Crippen LogP contribution is -2.25. The third kappa shape index (κ3) is 3.66. The Morgan fingerprint density at radius 3 is 3.00 bits per heavy atom. The quantitative estimate of drug-likeness (QED) is 0.713. The Labute approximate surface area is 94.8 Å². The fraction of sp³-hybridized carbons (Fsp3) is 0.636. The minimum Gasteiger partial charge on any atom is -0.396 e. The summed E-state index contributed by atoms with van der Waals surface area (Å²) in [6.07, 6.45) is 3.26. The molecule has 0 fully saturated rings. The normalized spacial score (nSPS) is 12.4. The number of nitrogens with one attached hydrogen (secondary N) is 1. The molecule has 1 unspecified atom stereocenters. The van der Waals surface area contributed by atoms with Crippen molar-refractivity contribution in [2.45, 2.75) is 26.7 Å². The third-order valence-corrected chi connectivity index (χ3v) is 2.43. The molecule has 1 amide bonds. The second-order valence-corrected chi connectivity index (χ2v) is 4.02. The summed E-state index contributed by atoms with van der Waals surface area (Å²) in [6, 6.07) is 0. The Kier molecular flexibility index (Phi) is 4.98. The highest BCUT2D eigenvalue weighted by Crippen LogP contribution is 2.06. The maximum Gasteiger partial charge on any atom is 0.290 e. The lowest BCUT2D eigenvalue weighted by molar-refractivity contribution is 0.0914. The third-order valence-electron chi connectivity index (χ3n) is 2.43. The summed E-state index contributed by atoms with van der Waals surface area (Å²) in [5.74, 6) is 0.325. The van der Waals surface area contributed by atoms with Gasteiger partial charge in [-0.25, -0.2) is 0 Å². The van der Waals surface area contributed by atoms with Crippen molar-refractivity contribution in [3.8, 4) is 0 Å². The average molecular weight is 226 g/mol. The van der Waals surface area contributed by atoms with Crippen molar-refractivity contribution in [2.24, 2.45) is 5.92 Å². The molecule has 0 bridgehead atoms. The highest BCUT2D eigenvalue weighted by atomic mass is 16.5. The summed E-state index contributed by atoms with van der Waals surface area (Å²) in [7, 11) is 0. The van der Waals surface area contributed by atoms with Gasteiger partial charge >= 0.3 is 0 Å². The highest BCUT2D eigenvalue weighted by Gasteiger charge is 2.13. The van der Waals surface area contributed by atoms with E-state index in [4.69, 9.17) is 9.63 Å². The molecule has 1 atom stereocenters. The fourth-order valence-corrected chi connectivity index (χ4v) is 1.33. The molecule has 0 aromatic carbocycles. The molecule has 0 aliphatic rings. The molecule has 0 aliphatic carbocycles. The van der Waals surface area contributed by atoms with Crippen molar-refractivity contribution in [3.63, 3.8) is 0 Å². The average Bonchev–Trinajstić information content (AvgIpc) is 2.70. The number of aliphatic hydroxyl groups excluding tert-OH is 1. The molecule has 0 radical (unpaired) electrons. The van der Waals surface area contributed by atoms with Gasteiger partial charge in [-0.2, -0.15) is 0 Å². The molecule has 0 saturated carbocycles. The monoisotopic (exact) mass is 226 g/mol. The van der Waals surface area contributed by atoms with E-state index in [1.807, 2.05) is 6.92 Å². The van der Waals surface area contributed by atoms with Crippen LogP contribution in [0.5, 0.6) is 0 Å². The maximum atomic E-state index is 11.5. The van der Waals surface area contributed by atoms with Gasteiger partial charge in [0.1, 0.15) is 0 Å². The molecule has 1 rings (SSSR count). The van der Waals surface area contributed by atoms with Crippen LogP contribution in [0.4, 0.5) is 0 Å². The molecule has 1 heterocycles. The molecular weight excluding hydrogens is 208 g/mol. The first-order valence-corrected chi connectivity index (χ1v) is 5.45. The SMILES string of the molecule is Cc1cnoc1C(=O)NCCCC(C)CO. The summed E-state index contributed by atoms with van der Waals surface area (Å²) in [6.45, 7) is 4.53. The van der Waals surface area contributed by atoms with Gasteiger partial charge in [-0.15, -0.1) is 0 Å². The second-order valence-electron chi connectivity index (χ2n) is 4.02. The number of carbonyl (C=O) groups excluding carboxylic acids is 1. The Balaban J connectivity index is 2.24. The largest absolute Gasteiger partial charge is 0.396 e. The Morgan fingerprint density at radius 1 is 1.69 bits per heavy atom. The van der Waals surface area contributed by atoms with Gasteiger partial charge in [0.25, 0.3) is 5.91 Å². The second kappa shape index (κ2) is 6.27. The van der Waals surface area contributed by atoms with E-state index < -0.39 is 0 Å². The van der Waals surface area contributed by atoms with Gasteiger partial charge in [-0.1, -0.05) is 12.1 Å². The standard InChI is InChI=1S/C11H18N2O3/c1-8(7-14)4-3-5-12-11(15)10-9(2)6-13-16-10/h6,8,14H,3-5,7H2,1-2H3,(H,12,15). The molecule has 0 aliphatic heterocycles. The first-order chi connectivity index (χ1) is 7.65. The van der Waals surface area contributed by atoms with Crippen LogP contribution in [-0.4, -0.2) is 29.3 Å². The predicted molar refractivity (Wildman–Crippen MR) is 59.1 cm³/mol. The molecule has 1 aromatic heterocycles. The molecule has 16 heavy (non-hydrogen) atoms. The zero-order chi connectivity index (χ0) is 12.0. The summed E-state index contributed by atoms with van der Waals surface area (Å²) in [5, 5.41) is 15.1. The first kappa shape index (κ1) is 12.7. The molecular formula is C11H18N2O3. The van der Waals surface area contributed by atoms with Gasteiger partial charge in [-0.3, -0.25) is 4.79 Å². The van der Waals surface area contributed by atoms with Gasteiger partial charge in [0.2, 0.25) is 5.76 Å². The summed E-state index contributed by atoms with van der Waals surface area (Å²) >= 11 is 0. The van der Waals surface area contributed by atoms with Gasteiger partial charge in [0.15, 0.2) is 0 Å². The van der Waals surface area contributed by atoms with Gasteiger partial charge in [-0.05, 0) is 25.7 Å². The summed E-state index contributed by atoms with van der Waals surface area (Å²) in [5.41, 5.74) is 0.737. The number of nitrogens with zero attached hydrogens (tertiary/aromatic N) is 1. The highest BCUT2D eigenvalue weighted by molar-refractivity contribution is 5.92. The minimum absolute atomic E-state index is 0.190. The van der Waals surface area contributed by atoms with Crippen LogP contribution in [0.1, 0.15) is 35.9 Å². The summed E-state index contributed by atoms with van der Waals surface area (Å²) < 4.78 is 4.82. The smallest absolute Gasteiger partial charge is 0.290 e. The molecule has 5 nitrogen and oxygen atoms in total. The summed E-state index contributed by atoms with van der Waals surface area (Å²) in [4.78, 5) is 11.5. The number of aromatic nitrogens is 1. The Bertz CT molecular complexity index is 336. The lowest BCUT2D eigenvalue weighted by Gasteiger charge is -2.07.